The Balaban J connectivity index is 2.17. The number of hydrogen-bond acceptors (Lipinski definition) is 6. The number of hydrogen-bond donors (Lipinski definition) is 2. The van der Waals surface area contributed by atoms with Crippen LogP contribution in [0.4, 0.5) is 5.95 Å². The molecule has 1 aromatic heterocycles. The van der Waals surface area contributed by atoms with Gasteiger partial charge in [-0.2, -0.15) is 10.1 Å². The SMILES string of the molecule is CCOC(=O)C1=C(C)Nc2nc(CC)nn2[C@@H]1c1cccc(O)c1. The van der Waals surface area contributed by atoms with Crippen LogP contribution in [0.3, 0.4) is 0 Å². The summed E-state index contributed by atoms with van der Waals surface area (Å²) >= 11 is 0. The molecule has 1 aliphatic heterocycles. The lowest BCUT2D eigenvalue weighted by atomic mass is 9.95. The fourth-order valence-corrected chi connectivity index (χ4v) is 2.82. The number of carbonyl (C=O) groups excluding carboxylic acids is 1. The summed E-state index contributed by atoms with van der Waals surface area (Å²) in [5.41, 5.74) is 1.87. The monoisotopic (exact) mass is 328 g/mol. The molecule has 126 valence electrons. The van der Waals surface area contributed by atoms with Crippen molar-refractivity contribution in [1.82, 2.24) is 14.8 Å². The lowest BCUT2D eigenvalue weighted by Crippen LogP contribution is -2.29. The third kappa shape index (κ3) is 2.73. The van der Waals surface area contributed by atoms with Gasteiger partial charge < -0.3 is 15.2 Å². The van der Waals surface area contributed by atoms with Crippen molar-refractivity contribution in [1.29, 1.82) is 0 Å². The Morgan fingerprint density at radius 3 is 2.88 bits per heavy atom. The van der Waals surface area contributed by atoms with Crippen LogP contribution < -0.4 is 5.32 Å². The molecule has 1 aromatic carbocycles. The summed E-state index contributed by atoms with van der Waals surface area (Å²) < 4.78 is 6.89. The van der Waals surface area contributed by atoms with Gasteiger partial charge in [-0.15, -0.1) is 0 Å². The van der Waals surface area contributed by atoms with Crippen LogP contribution in [0.25, 0.3) is 0 Å². The molecule has 2 N–H and O–H groups in total. The fraction of sp³-hybridized carbons (Fsp3) is 0.353. The number of anilines is 1. The van der Waals surface area contributed by atoms with Crippen LogP contribution in [0.5, 0.6) is 5.75 Å². The molecule has 3 rings (SSSR count). The van der Waals surface area contributed by atoms with Gasteiger partial charge in [-0.3, -0.25) is 0 Å². The fourth-order valence-electron chi connectivity index (χ4n) is 2.82. The van der Waals surface area contributed by atoms with E-state index in [2.05, 4.69) is 15.4 Å². The van der Waals surface area contributed by atoms with Crippen molar-refractivity contribution < 1.29 is 14.6 Å². The lowest BCUT2D eigenvalue weighted by Gasteiger charge is -2.28. The summed E-state index contributed by atoms with van der Waals surface area (Å²) in [5, 5.41) is 17.5. The molecule has 7 nitrogen and oxygen atoms in total. The first kappa shape index (κ1) is 16.0. The van der Waals surface area contributed by atoms with Gasteiger partial charge in [0.15, 0.2) is 5.82 Å². The van der Waals surface area contributed by atoms with Crippen LogP contribution in [-0.4, -0.2) is 32.4 Å². The van der Waals surface area contributed by atoms with E-state index in [-0.39, 0.29) is 12.4 Å². The average molecular weight is 328 g/mol. The lowest BCUT2D eigenvalue weighted by molar-refractivity contribution is -0.139. The number of aryl methyl sites for hydroxylation is 1. The normalized spacial score (nSPS) is 16.5. The molecule has 0 spiro atoms. The number of aromatic nitrogens is 3. The largest absolute Gasteiger partial charge is 0.508 e. The molecule has 0 saturated carbocycles. The molecule has 1 aliphatic rings. The minimum Gasteiger partial charge on any atom is -0.508 e. The predicted octanol–water partition coefficient (Wildman–Crippen LogP) is 2.40. The van der Waals surface area contributed by atoms with Crippen LogP contribution in [0.1, 0.15) is 38.2 Å². The van der Waals surface area contributed by atoms with E-state index in [0.717, 1.165) is 5.56 Å². The maximum absolute atomic E-state index is 12.5. The Bertz CT molecular complexity index is 810. The van der Waals surface area contributed by atoms with Crippen molar-refractivity contribution in [2.45, 2.75) is 33.2 Å². The van der Waals surface area contributed by atoms with E-state index in [4.69, 9.17) is 4.74 Å². The number of ether oxygens (including phenoxy) is 1. The minimum atomic E-state index is -0.500. The molecular formula is C17H20N4O3. The number of phenolic OH excluding ortho intramolecular Hbond substituents is 1. The number of nitrogens with zero attached hydrogens (tertiary/aromatic N) is 3. The molecular weight excluding hydrogens is 308 g/mol. The van der Waals surface area contributed by atoms with Gasteiger partial charge in [0.05, 0.1) is 12.2 Å². The van der Waals surface area contributed by atoms with E-state index in [9.17, 15) is 9.90 Å². The van der Waals surface area contributed by atoms with E-state index < -0.39 is 12.0 Å². The molecule has 0 saturated heterocycles. The minimum absolute atomic E-state index is 0.129. The maximum Gasteiger partial charge on any atom is 0.338 e. The molecule has 1 atom stereocenters. The maximum atomic E-state index is 12.5. The number of esters is 1. The van der Waals surface area contributed by atoms with Crippen molar-refractivity contribution in [3.05, 3.63) is 46.9 Å². The van der Waals surface area contributed by atoms with Crippen LogP contribution in [0, 0.1) is 0 Å². The van der Waals surface area contributed by atoms with Gasteiger partial charge in [0, 0.05) is 12.1 Å². The van der Waals surface area contributed by atoms with E-state index in [1.54, 1.807) is 29.8 Å². The highest BCUT2D eigenvalue weighted by molar-refractivity contribution is 5.92. The van der Waals surface area contributed by atoms with Gasteiger partial charge in [0.25, 0.3) is 0 Å². The van der Waals surface area contributed by atoms with Crippen LogP contribution in [0.2, 0.25) is 0 Å². The van der Waals surface area contributed by atoms with Gasteiger partial charge >= 0.3 is 5.97 Å². The average Bonchev–Trinajstić information content (AvgIpc) is 2.96. The molecule has 0 fully saturated rings. The molecule has 7 heteroatoms. The van der Waals surface area contributed by atoms with E-state index in [0.29, 0.717) is 29.5 Å². The summed E-state index contributed by atoms with van der Waals surface area (Å²) in [5.74, 6) is 0.977. The highest BCUT2D eigenvalue weighted by Gasteiger charge is 2.35. The number of nitrogens with one attached hydrogen (secondary N) is 1. The number of allylic oxidation sites excluding steroid dienone is 1. The van der Waals surface area contributed by atoms with Crippen molar-refractivity contribution in [3.8, 4) is 5.75 Å². The Morgan fingerprint density at radius 1 is 1.42 bits per heavy atom. The van der Waals surface area contributed by atoms with Gasteiger partial charge in [-0.25, -0.2) is 9.48 Å². The second-order valence-corrected chi connectivity index (χ2v) is 5.53. The zero-order valence-electron chi connectivity index (χ0n) is 13.9. The number of fused-ring (bicyclic) bond motifs is 1. The van der Waals surface area contributed by atoms with Gasteiger partial charge in [0.2, 0.25) is 5.95 Å². The molecule has 2 aromatic rings. The highest BCUT2D eigenvalue weighted by Crippen LogP contribution is 2.36. The molecule has 24 heavy (non-hydrogen) atoms. The van der Waals surface area contributed by atoms with E-state index in [1.807, 2.05) is 19.9 Å². The topological polar surface area (TPSA) is 89.3 Å². The highest BCUT2D eigenvalue weighted by atomic mass is 16.5. The molecule has 0 bridgehead atoms. The van der Waals surface area contributed by atoms with Gasteiger partial charge in [-0.05, 0) is 31.5 Å². The predicted molar refractivity (Wildman–Crippen MR) is 88.6 cm³/mol. The number of phenols is 1. The number of aromatic hydroxyl groups is 1. The first-order valence-corrected chi connectivity index (χ1v) is 7.94. The zero-order chi connectivity index (χ0) is 17.3. The van der Waals surface area contributed by atoms with Crippen LogP contribution >= 0.6 is 0 Å². The summed E-state index contributed by atoms with van der Waals surface area (Å²) in [7, 11) is 0. The van der Waals surface area contributed by atoms with E-state index in [1.165, 1.54) is 0 Å². The third-order valence-corrected chi connectivity index (χ3v) is 3.89. The van der Waals surface area contributed by atoms with Gasteiger partial charge in [0.1, 0.15) is 11.8 Å². The number of rotatable bonds is 4. The second kappa shape index (κ2) is 6.35. The molecule has 0 amide bonds. The standard InChI is InChI=1S/C17H20N4O3/c1-4-13-19-17-18-10(3)14(16(23)24-5-2)15(21(17)20-13)11-7-6-8-12(22)9-11/h6-9,15,22H,4-5H2,1-3H3,(H,18,19,20)/t15-/m1/s1. The zero-order valence-corrected chi connectivity index (χ0v) is 13.9. The number of carbonyl (C=O) groups is 1. The van der Waals surface area contributed by atoms with Crippen molar-refractivity contribution in [2.24, 2.45) is 0 Å². The first-order valence-electron chi connectivity index (χ1n) is 7.94. The van der Waals surface area contributed by atoms with Crippen molar-refractivity contribution in [3.63, 3.8) is 0 Å². The van der Waals surface area contributed by atoms with Crippen LogP contribution in [0.15, 0.2) is 35.5 Å². The van der Waals surface area contributed by atoms with Crippen molar-refractivity contribution in [2.75, 3.05) is 11.9 Å². The Morgan fingerprint density at radius 2 is 2.21 bits per heavy atom. The van der Waals surface area contributed by atoms with Crippen LogP contribution in [-0.2, 0) is 16.0 Å². The quantitative estimate of drug-likeness (QED) is 0.838. The Kier molecular flexibility index (Phi) is 4.24. The van der Waals surface area contributed by atoms with E-state index >= 15 is 0 Å². The summed E-state index contributed by atoms with van der Waals surface area (Å²) in [6.07, 6.45) is 0.683. The first-order chi connectivity index (χ1) is 11.5. The van der Waals surface area contributed by atoms with Crippen molar-refractivity contribution >= 4 is 11.9 Å². The number of benzene rings is 1. The molecule has 0 unspecified atom stereocenters. The second-order valence-electron chi connectivity index (χ2n) is 5.53. The smallest absolute Gasteiger partial charge is 0.338 e. The Labute approximate surface area is 140 Å². The van der Waals surface area contributed by atoms with Gasteiger partial charge in [-0.1, -0.05) is 19.1 Å². The molecule has 0 radical (unpaired) electrons. The third-order valence-electron chi connectivity index (χ3n) is 3.89. The summed E-state index contributed by atoms with van der Waals surface area (Å²) in [4.78, 5) is 17.0. The summed E-state index contributed by atoms with van der Waals surface area (Å²) in [6.45, 7) is 5.83. The summed E-state index contributed by atoms with van der Waals surface area (Å²) in [6, 6.07) is 6.30. The Hall–Kier alpha value is -2.83. The molecule has 2 heterocycles. The molecule has 0 aliphatic carbocycles.